The summed E-state index contributed by atoms with van der Waals surface area (Å²) in [4.78, 5) is 29.2. The normalized spacial score (nSPS) is 17.9. The average Bonchev–Trinajstić information content (AvgIpc) is 3.01. The summed E-state index contributed by atoms with van der Waals surface area (Å²) < 4.78 is 53.0. The molecule has 4 heterocycles. The van der Waals surface area contributed by atoms with Crippen LogP contribution in [0.1, 0.15) is 11.3 Å². The predicted molar refractivity (Wildman–Crippen MR) is 162 cm³/mol. The van der Waals surface area contributed by atoms with Crippen molar-refractivity contribution >= 4 is 39.8 Å². The number of fused-ring (bicyclic) bond motifs is 2. The van der Waals surface area contributed by atoms with Crippen molar-refractivity contribution in [3.63, 3.8) is 0 Å². The van der Waals surface area contributed by atoms with Crippen LogP contribution in [0.3, 0.4) is 0 Å². The number of alkyl halides is 1. The molecule has 0 spiro atoms. The lowest BCUT2D eigenvalue weighted by Gasteiger charge is -2.46. The van der Waals surface area contributed by atoms with Gasteiger partial charge in [-0.25, -0.2) is 13.2 Å². The standard InChI is InChI=1S/C31H34ClF3N6O3/c1-20(34)29(42)40-12-10-39(11-13-40)28-22-8-9-41(25-5-3-4-21-6-7-23(35)27(32)26(21)25)16-24(22)36-30(37-28)44-15-14-38(2)31(17-33)18-43-19-31/h3-7H,1,8-19H2,2H3. The molecule has 0 radical (unpaired) electrons. The zero-order chi connectivity index (χ0) is 31.0. The highest BCUT2D eigenvalue weighted by molar-refractivity contribution is 6.36. The first-order valence-electron chi connectivity index (χ1n) is 14.6. The Labute approximate surface area is 258 Å². The van der Waals surface area contributed by atoms with E-state index in [0.29, 0.717) is 76.7 Å². The number of halogens is 4. The highest BCUT2D eigenvalue weighted by Gasteiger charge is 2.42. The van der Waals surface area contributed by atoms with Crippen LogP contribution >= 0.6 is 11.6 Å². The van der Waals surface area contributed by atoms with Gasteiger partial charge in [-0.3, -0.25) is 9.69 Å². The molecule has 13 heteroatoms. The molecule has 2 aromatic carbocycles. The first kappa shape index (κ1) is 30.4. The molecule has 234 valence electrons. The van der Waals surface area contributed by atoms with E-state index in [9.17, 15) is 18.0 Å². The maximum absolute atomic E-state index is 14.5. The summed E-state index contributed by atoms with van der Waals surface area (Å²) in [5, 5.41) is 1.55. The molecule has 0 bridgehead atoms. The Morgan fingerprint density at radius 2 is 1.91 bits per heavy atom. The van der Waals surface area contributed by atoms with E-state index in [2.05, 4.69) is 16.4 Å². The number of hydrogen-bond acceptors (Lipinski definition) is 8. The van der Waals surface area contributed by atoms with E-state index in [0.717, 1.165) is 22.3 Å². The van der Waals surface area contributed by atoms with Gasteiger partial charge in [0.05, 0.1) is 36.0 Å². The van der Waals surface area contributed by atoms with Crippen LogP contribution in [0.2, 0.25) is 5.02 Å². The number of nitrogens with zero attached hydrogens (tertiary/aromatic N) is 6. The largest absolute Gasteiger partial charge is 0.462 e. The van der Waals surface area contributed by atoms with Gasteiger partial charge >= 0.3 is 6.01 Å². The van der Waals surface area contributed by atoms with Crippen molar-refractivity contribution in [1.82, 2.24) is 19.8 Å². The third-order valence-electron chi connectivity index (χ3n) is 8.83. The van der Waals surface area contributed by atoms with Crippen molar-refractivity contribution < 1.29 is 27.4 Å². The second-order valence-corrected chi connectivity index (χ2v) is 11.8. The van der Waals surface area contributed by atoms with E-state index in [1.165, 1.54) is 11.0 Å². The van der Waals surface area contributed by atoms with E-state index in [-0.39, 0.29) is 17.6 Å². The number of carbonyl (C=O) groups excluding carboxylic acids is 1. The number of rotatable bonds is 9. The van der Waals surface area contributed by atoms with Gasteiger partial charge in [-0.1, -0.05) is 36.4 Å². The number of benzene rings is 2. The molecule has 9 nitrogen and oxygen atoms in total. The number of piperazine rings is 1. The molecule has 1 aromatic heterocycles. The molecule has 44 heavy (non-hydrogen) atoms. The topological polar surface area (TPSA) is 74.3 Å². The van der Waals surface area contributed by atoms with Gasteiger partial charge in [-0.05, 0) is 31.0 Å². The van der Waals surface area contributed by atoms with Crippen molar-refractivity contribution in [2.45, 2.75) is 18.5 Å². The SMILES string of the molecule is C=C(F)C(=O)N1CCN(c2nc(OCCN(C)C3(CF)COC3)nc3c2CCN(c2cccc4ccc(F)c(Cl)c24)C3)CC1. The number of amides is 1. The fourth-order valence-corrected chi connectivity index (χ4v) is 6.28. The summed E-state index contributed by atoms with van der Waals surface area (Å²) in [7, 11) is 1.84. The van der Waals surface area contributed by atoms with E-state index in [4.69, 9.17) is 31.0 Å². The van der Waals surface area contributed by atoms with Crippen LogP contribution in [-0.2, 0) is 22.5 Å². The maximum atomic E-state index is 14.5. The Kier molecular flexibility index (Phi) is 8.58. The number of hydrogen-bond donors (Lipinski definition) is 0. The summed E-state index contributed by atoms with van der Waals surface area (Å²) in [5.41, 5.74) is 1.89. The molecule has 0 N–H and O–H groups in total. The lowest BCUT2D eigenvalue weighted by molar-refractivity contribution is -0.142. The van der Waals surface area contributed by atoms with Crippen molar-refractivity contribution in [2.24, 2.45) is 0 Å². The first-order chi connectivity index (χ1) is 21.2. The summed E-state index contributed by atoms with van der Waals surface area (Å²) in [6.07, 6.45) is 0.608. The minimum atomic E-state index is -0.977. The van der Waals surface area contributed by atoms with Crippen LogP contribution in [0.5, 0.6) is 6.01 Å². The smallest absolute Gasteiger partial charge is 0.318 e. The molecule has 0 saturated carbocycles. The van der Waals surface area contributed by atoms with Crippen LogP contribution in [0.25, 0.3) is 10.8 Å². The van der Waals surface area contributed by atoms with Crippen molar-refractivity contribution in [3.05, 3.63) is 64.8 Å². The summed E-state index contributed by atoms with van der Waals surface area (Å²) in [6.45, 7) is 6.55. The van der Waals surface area contributed by atoms with Gasteiger partial charge in [0.2, 0.25) is 0 Å². The van der Waals surface area contributed by atoms with Gasteiger partial charge in [-0.2, -0.15) is 9.97 Å². The maximum Gasteiger partial charge on any atom is 0.318 e. The fourth-order valence-electron chi connectivity index (χ4n) is 6.02. The molecule has 1 amide bonds. The summed E-state index contributed by atoms with van der Waals surface area (Å²) in [6, 6.07) is 9.01. The third-order valence-corrected chi connectivity index (χ3v) is 9.20. The van der Waals surface area contributed by atoms with Crippen LogP contribution in [-0.4, -0.2) is 104 Å². The first-order valence-corrected chi connectivity index (χ1v) is 15.0. The summed E-state index contributed by atoms with van der Waals surface area (Å²) >= 11 is 6.45. The molecular weight excluding hydrogens is 597 g/mol. The Balaban J connectivity index is 1.28. The second kappa shape index (κ2) is 12.4. The van der Waals surface area contributed by atoms with Crippen LogP contribution < -0.4 is 14.5 Å². The van der Waals surface area contributed by atoms with Gasteiger partial charge in [0.25, 0.3) is 5.91 Å². The molecule has 6 rings (SSSR count). The Bertz CT molecular complexity index is 1580. The zero-order valence-corrected chi connectivity index (χ0v) is 25.3. The minimum absolute atomic E-state index is 0.0757. The van der Waals surface area contributed by atoms with Crippen molar-refractivity contribution in [2.75, 3.05) is 82.6 Å². The number of likely N-dealkylation sites (N-methyl/N-ethyl adjacent to an activating group) is 1. The number of carbonyl (C=O) groups is 1. The molecule has 0 aliphatic carbocycles. The van der Waals surface area contributed by atoms with E-state index in [1.54, 1.807) is 6.07 Å². The molecule has 3 aliphatic heterocycles. The van der Waals surface area contributed by atoms with Crippen LogP contribution in [0.15, 0.2) is 42.7 Å². The number of anilines is 2. The highest BCUT2D eigenvalue weighted by Crippen LogP contribution is 2.38. The third kappa shape index (κ3) is 5.66. The molecule has 0 unspecified atom stereocenters. The van der Waals surface area contributed by atoms with Crippen molar-refractivity contribution in [3.8, 4) is 6.01 Å². The lowest BCUT2D eigenvalue weighted by Crippen LogP contribution is -2.63. The fraction of sp³-hybridized carbons (Fsp3) is 0.452. The van der Waals surface area contributed by atoms with Gasteiger partial charge in [0, 0.05) is 55.9 Å². The average molecular weight is 631 g/mol. The van der Waals surface area contributed by atoms with Crippen molar-refractivity contribution in [1.29, 1.82) is 0 Å². The number of aromatic nitrogens is 2. The van der Waals surface area contributed by atoms with Gasteiger partial charge in [-0.15, -0.1) is 0 Å². The van der Waals surface area contributed by atoms with Crippen LogP contribution in [0, 0.1) is 5.82 Å². The predicted octanol–water partition coefficient (Wildman–Crippen LogP) is 4.17. The molecule has 3 aliphatic rings. The van der Waals surface area contributed by atoms with Gasteiger partial charge in [0.1, 0.15) is 24.9 Å². The molecular formula is C31H34ClF3N6O3. The monoisotopic (exact) mass is 630 g/mol. The molecule has 3 aromatic rings. The second-order valence-electron chi connectivity index (χ2n) is 11.5. The highest BCUT2D eigenvalue weighted by atomic mass is 35.5. The van der Waals surface area contributed by atoms with E-state index >= 15 is 0 Å². The Morgan fingerprint density at radius 3 is 2.59 bits per heavy atom. The molecule has 2 saturated heterocycles. The lowest BCUT2D eigenvalue weighted by atomic mass is 9.97. The molecule has 2 fully saturated rings. The summed E-state index contributed by atoms with van der Waals surface area (Å²) in [5.74, 6) is -1.45. The van der Waals surface area contributed by atoms with E-state index in [1.807, 2.05) is 30.1 Å². The van der Waals surface area contributed by atoms with E-state index < -0.39 is 29.8 Å². The van der Waals surface area contributed by atoms with Crippen LogP contribution in [0.4, 0.5) is 24.7 Å². The minimum Gasteiger partial charge on any atom is -0.462 e. The van der Waals surface area contributed by atoms with Gasteiger partial charge in [0.15, 0.2) is 5.83 Å². The molecule has 0 atom stereocenters. The number of ether oxygens (including phenoxy) is 2. The Hall–Kier alpha value is -3.61. The van der Waals surface area contributed by atoms with Gasteiger partial charge < -0.3 is 24.2 Å². The Morgan fingerprint density at radius 1 is 1.14 bits per heavy atom. The zero-order valence-electron chi connectivity index (χ0n) is 24.5. The quantitative estimate of drug-likeness (QED) is 0.327.